The van der Waals surface area contributed by atoms with E-state index in [0.29, 0.717) is 12.8 Å². The second-order valence-corrected chi connectivity index (χ2v) is 4.37. The zero-order chi connectivity index (χ0) is 12.0. The quantitative estimate of drug-likeness (QED) is 0.744. The molecule has 0 radical (unpaired) electrons. The highest BCUT2D eigenvalue weighted by molar-refractivity contribution is 6.23. The molecule has 1 aliphatic heterocycles. The Hall–Kier alpha value is -1.98. The number of anilines is 1. The molecule has 2 aliphatic rings. The molecule has 1 saturated heterocycles. The van der Waals surface area contributed by atoms with E-state index >= 15 is 0 Å². The average molecular weight is 235 g/mol. The molecule has 0 aromatic carbocycles. The third-order valence-electron chi connectivity index (χ3n) is 3.32. The zero-order valence-electron chi connectivity index (χ0n) is 8.94. The van der Waals surface area contributed by atoms with Gasteiger partial charge in [-0.25, -0.2) is 14.1 Å². The van der Waals surface area contributed by atoms with Crippen LogP contribution in [-0.2, 0) is 4.79 Å². The van der Waals surface area contributed by atoms with Crippen LogP contribution >= 0.6 is 0 Å². The summed E-state index contributed by atoms with van der Waals surface area (Å²) in [5.74, 6) is -0.876. The minimum absolute atomic E-state index is 0.177. The Bertz CT molecular complexity index is 513. The predicted octanol–water partition coefficient (Wildman–Crippen LogP) is 1.20. The Balaban J connectivity index is 1.98. The number of pyridine rings is 1. The van der Waals surface area contributed by atoms with Gasteiger partial charge in [0.2, 0.25) is 0 Å². The molecule has 0 bridgehead atoms. The molecule has 6 heteroatoms. The summed E-state index contributed by atoms with van der Waals surface area (Å²) in [6.07, 6.45) is 4.55. The molecule has 17 heavy (non-hydrogen) atoms. The highest BCUT2D eigenvalue weighted by atomic mass is 19.1. The van der Waals surface area contributed by atoms with Gasteiger partial charge >= 0.3 is 6.03 Å². The van der Waals surface area contributed by atoms with Gasteiger partial charge in [0.15, 0.2) is 0 Å². The molecule has 2 heterocycles. The molecule has 0 unspecified atom stereocenters. The largest absolute Gasteiger partial charge is 0.329 e. The molecule has 1 N–H and O–H groups in total. The van der Waals surface area contributed by atoms with Gasteiger partial charge in [0.05, 0.1) is 18.1 Å². The van der Waals surface area contributed by atoms with Gasteiger partial charge in [0.25, 0.3) is 5.91 Å². The van der Waals surface area contributed by atoms with Crippen LogP contribution in [0, 0.1) is 5.82 Å². The van der Waals surface area contributed by atoms with E-state index < -0.39 is 17.4 Å². The van der Waals surface area contributed by atoms with E-state index in [4.69, 9.17) is 0 Å². The van der Waals surface area contributed by atoms with Crippen molar-refractivity contribution in [2.45, 2.75) is 24.8 Å². The number of imide groups is 1. The van der Waals surface area contributed by atoms with Gasteiger partial charge in [-0.05, 0) is 19.3 Å². The Morgan fingerprint density at radius 1 is 1.35 bits per heavy atom. The minimum Gasteiger partial charge on any atom is -0.323 e. The number of hydrogen-bond acceptors (Lipinski definition) is 3. The van der Waals surface area contributed by atoms with Crippen molar-refractivity contribution < 1.29 is 14.0 Å². The molecule has 1 aromatic heterocycles. The summed E-state index contributed by atoms with van der Waals surface area (Å²) in [7, 11) is 0. The van der Waals surface area contributed by atoms with Gasteiger partial charge in [0.1, 0.15) is 11.4 Å². The van der Waals surface area contributed by atoms with Gasteiger partial charge < -0.3 is 5.32 Å². The summed E-state index contributed by atoms with van der Waals surface area (Å²) in [6.45, 7) is 0. The van der Waals surface area contributed by atoms with Gasteiger partial charge in [-0.1, -0.05) is 0 Å². The summed E-state index contributed by atoms with van der Waals surface area (Å²) in [4.78, 5) is 28.5. The van der Waals surface area contributed by atoms with Gasteiger partial charge in [-0.15, -0.1) is 0 Å². The number of hydrogen-bond donors (Lipinski definition) is 1. The average Bonchev–Trinajstić information content (AvgIpc) is 2.50. The normalized spacial score (nSPS) is 21.6. The molecule has 2 fully saturated rings. The molecule has 1 spiro atoms. The van der Waals surface area contributed by atoms with Crippen LogP contribution in [-0.4, -0.2) is 22.5 Å². The molecule has 1 saturated carbocycles. The van der Waals surface area contributed by atoms with Crippen LogP contribution in [0.15, 0.2) is 18.5 Å². The van der Waals surface area contributed by atoms with E-state index in [1.54, 1.807) is 0 Å². The molecular weight excluding hydrogens is 225 g/mol. The molecule has 88 valence electrons. The third-order valence-corrected chi connectivity index (χ3v) is 3.32. The maximum Gasteiger partial charge on any atom is 0.329 e. The number of nitrogens with zero attached hydrogens (tertiary/aromatic N) is 2. The van der Waals surface area contributed by atoms with Crippen LogP contribution in [0.4, 0.5) is 14.9 Å². The van der Waals surface area contributed by atoms with E-state index in [1.165, 1.54) is 6.20 Å². The van der Waals surface area contributed by atoms with Crippen LogP contribution in [0.2, 0.25) is 0 Å². The van der Waals surface area contributed by atoms with Crippen LogP contribution < -0.4 is 10.2 Å². The summed E-state index contributed by atoms with van der Waals surface area (Å²) in [5, 5.41) is 2.67. The van der Waals surface area contributed by atoms with Crippen molar-refractivity contribution in [3.8, 4) is 0 Å². The predicted molar refractivity (Wildman–Crippen MR) is 56.8 cm³/mol. The second kappa shape index (κ2) is 3.26. The van der Waals surface area contributed by atoms with Crippen molar-refractivity contribution in [1.29, 1.82) is 0 Å². The first-order valence-corrected chi connectivity index (χ1v) is 5.40. The van der Waals surface area contributed by atoms with Crippen molar-refractivity contribution >= 4 is 17.6 Å². The molecule has 1 aliphatic carbocycles. The molecule has 3 amide bonds. The third kappa shape index (κ3) is 1.33. The van der Waals surface area contributed by atoms with Crippen LogP contribution in [0.25, 0.3) is 0 Å². The second-order valence-electron chi connectivity index (χ2n) is 4.37. The Kier molecular flexibility index (Phi) is 1.95. The summed E-state index contributed by atoms with van der Waals surface area (Å²) in [6, 6.07) is 0.629. The van der Waals surface area contributed by atoms with Crippen molar-refractivity contribution in [2.75, 3.05) is 4.90 Å². The van der Waals surface area contributed by atoms with E-state index in [1.807, 2.05) is 0 Å². The zero-order valence-corrected chi connectivity index (χ0v) is 8.94. The SMILES string of the molecule is O=C1NC2(CCC2)C(=O)N1c1cncc(F)c1. The number of rotatable bonds is 1. The Morgan fingerprint density at radius 2 is 2.12 bits per heavy atom. The number of nitrogens with one attached hydrogen (secondary N) is 1. The first-order valence-electron chi connectivity index (χ1n) is 5.40. The van der Waals surface area contributed by atoms with Crippen LogP contribution in [0.1, 0.15) is 19.3 Å². The lowest BCUT2D eigenvalue weighted by atomic mass is 9.77. The highest BCUT2D eigenvalue weighted by Crippen LogP contribution is 2.38. The smallest absolute Gasteiger partial charge is 0.323 e. The molecule has 0 atom stereocenters. The highest BCUT2D eigenvalue weighted by Gasteiger charge is 2.55. The van der Waals surface area contributed by atoms with Gasteiger partial charge in [-0.2, -0.15) is 0 Å². The summed E-state index contributed by atoms with van der Waals surface area (Å²) in [5.41, 5.74) is -0.570. The minimum atomic E-state index is -0.747. The fourth-order valence-electron chi connectivity index (χ4n) is 2.25. The van der Waals surface area contributed by atoms with Crippen molar-refractivity contribution in [2.24, 2.45) is 0 Å². The summed E-state index contributed by atoms with van der Waals surface area (Å²) < 4.78 is 13.0. The van der Waals surface area contributed by atoms with E-state index in [-0.39, 0.29) is 11.6 Å². The van der Waals surface area contributed by atoms with Crippen LogP contribution in [0.5, 0.6) is 0 Å². The first kappa shape index (κ1) is 10.2. The lowest BCUT2D eigenvalue weighted by Crippen LogP contribution is -2.52. The van der Waals surface area contributed by atoms with Crippen molar-refractivity contribution in [3.63, 3.8) is 0 Å². The summed E-state index contributed by atoms with van der Waals surface area (Å²) >= 11 is 0. The Labute approximate surface area is 96.6 Å². The number of carbonyl (C=O) groups excluding carboxylic acids is 2. The first-order chi connectivity index (χ1) is 8.12. The number of aromatic nitrogens is 1. The molecular formula is C11H10FN3O2. The molecule has 5 nitrogen and oxygen atoms in total. The van der Waals surface area contributed by atoms with Crippen molar-refractivity contribution in [3.05, 3.63) is 24.3 Å². The fraction of sp³-hybridized carbons (Fsp3) is 0.364. The topological polar surface area (TPSA) is 62.3 Å². The fourth-order valence-corrected chi connectivity index (χ4v) is 2.25. The van der Waals surface area contributed by atoms with E-state index in [0.717, 1.165) is 23.6 Å². The number of amides is 3. The Morgan fingerprint density at radius 3 is 2.65 bits per heavy atom. The number of urea groups is 1. The number of carbonyl (C=O) groups is 2. The number of halogens is 1. The van der Waals surface area contributed by atoms with E-state index in [2.05, 4.69) is 10.3 Å². The lowest BCUT2D eigenvalue weighted by molar-refractivity contribution is -0.124. The molecule has 3 rings (SSSR count). The van der Waals surface area contributed by atoms with Crippen molar-refractivity contribution in [1.82, 2.24) is 10.3 Å². The van der Waals surface area contributed by atoms with Gasteiger partial charge in [-0.3, -0.25) is 9.78 Å². The van der Waals surface area contributed by atoms with E-state index in [9.17, 15) is 14.0 Å². The monoisotopic (exact) mass is 235 g/mol. The maximum absolute atomic E-state index is 13.0. The van der Waals surface area contributed by atoms with Crippen LogP contribution in [0.3, 0.4) is 0 Å². The maximum atomic E-state index is 13.0. The molecule has 1 aromatic rings. The lowest BCUT2D eigenvalue weighted by Gasteiger charge is -2.34. The standard InChI is InChI=1S/C11H10FN3O2/c12-7-4-8(6-13-5-7)15-9(16)11(2-1-3-11)14-10(15)17/h4-6H,1-3H2,(H,14,17). The van der Waals surface area contributed by atoms with Gasteiger partial charge in [0, 0.05) is 6.07 Å².